The van der Waals surface area contributed by atoms with E-state index in [1.54, 1.807) is 0 Å². The molecule has 2 fully saturated rings. The fourth-order valence-electron chi connectivity index (χ4n) is 2.29. The summed E-state index contributed by atoms with van der Waals surface area (Å²) in [5.74, 6) is 1.67. The van der Waals surface area contributed by atoms with Gasteiger partial charge in [0, 0.05) is 16.9 Å². The Labute approximate surface area is 110 Å². The van der Waals surface area contributed by atoms with Crippen molar-refractivity contribution in [3.63, 3.8) is 0 Å². The van der Waals surface area contributed by atoms with E-state index in [2.05, 4.69) is 33.4 Å². The number of carbonyl (C=O) groups is 1. The first-order valence-electron chi connectivity index (χ1n) is 6.27. The summed E-state index contributed by atoms with van der Waals surface area (Å²) in [5, 5.41) is 3.07. The molecule has 17 heavy (non-hydrogen) atoms. The van der Waals surface area contributed by atoms with Crippen molar-refractivity contribution in [2.24, 2.45) is 11.8 Å². The van der Waals surface area contributed by atoms with Crippen LogP contribution in [0.5, 0.6) is 0 Å². The molecule has 1 aromatic rings. The van der Waals surface area contributed by atoms with Crippen LogP contribution >= 0.6 is 15.9 Å². The Hall–Kier alpha value is -0.830. The molecule has 0 heterocycles. The maximum atomic E-state index is 11.9. The smallest absolute Gasteiger partial charge is 0.223 e. The molecule has 3 heteroatoms. The Balaban J connectivity index is 1.56. The van der Waals surface area contributed by atoms with Gasteiger partial charge in [-0.3, -0.25) is 4.79 Å². The molecule has 0 radical (unpaired) electrons. The van der Waals surface area contributed by atoms with Crippen molar-refractivity contribution >= 4 is 21.8 Å². The van der Waals surface area contributed by atoms with Gasteiger partial charge in [-0.2, -0.15) is 0 Å². The zero-order valence-electron chi connectivity index (χ0n) is 9.66. The van der Waals surface area contributed by atoms with Crippen LogP contribution in [-0.2, 0) is 4.79 Å². The highest BCUT2D eigenvalue weighted by Gasteiger charge is 2.44. The minimum absolute atomic E-state index is 0.211. The van der Waals surface area contributed by atoms with Crippen LogP contribution in [-0.4, -0.2) is 12.5 Å². The zero-order chi connectivity index (χ0) is 11.8. The third kappa shape index (κ3) is 2.71. The number of hydrogen-bond donors (Lipinski definition) is 1. The van der Waals surface area contributed by atoms with Gasteiger partial charge in [-0.05, 0) is 48.8 Å². The second-order valence-corrected chi connectivity index (χ2v) is 6.11. The number of carbonyl (C=O) groups excluding carboxylic acids is 1. The first kappa shape index (κ1) is 11.3. The molecule has 2 aliphatic carbocycles. The summed E-state index contributed by atoms with van der Waals surface area (Å²) in [6.45, 7) is 0.889. The van der Waals surface area contributed by atoms with Crippen molar-refractivity contribution in [1.82, 2.24) is 5.32 Å². The average Bonchev–Trinajstić information content (AvgIpc) is 3.18. The van der Waals surface area contributed by atoms with E-state index in [0.29, 0.717) is 5.92 Å². The molecule has 1 aromatic carbocycles. The molecule has 0 aromatic heterocycles. The van der Waals surface area contributed by atoms with Gasteiger partial charge in [0.05, 0.1) is 0 Å². The molecule has 2 atom stereocenters. The summed E-state index contributed by atoms with van der Waals surface area (Å²) in [4.78, 5) is 11.9. The summed E-state index contributed by atoms with van der Waals surface area (Å²) < 4.78 is 1.10. The van der Waals surface area contributed by atoms with Crippen LogP contribution in [0.25, 0.3) is 0 Å². The first-order chi connectivity index (χ1) is 8.24. The number of hydrogen-bond acceptors (Lipinski definition) is 1. The maximum absolute atomic E-state index is 11.9. The molecule has 1 N–H and O–H groups in total. The topological polar surface area (TPSA) is 29.1 Å². The highest BCUT2D eigenvalue weighted by atomic mass is 79.9. The molecule has 2 saturated carbocycles. The number of halogens is 1. The maximum Gasteiger partial charge on any atom is 0.223 e. The molecule has 1 amide bonds. The number of amides is 1. The van der Waals surface area contributed by atoms with Gasteiger partial charge in [0.15, 0.2) is 0 Å². The van der Waals surface area contributed by atoms with E-state index in [4.69, 9.17) is 0 Å². The van der Waals surface area contributed by atoms with Gasteiger partial charge in [-0.1, -0.05) is 28.1 Å². The van der Waals surface area contributed by atoms with Gasteiger partial charge >= 0.3 is 0 Å². The third-order valence-corrected chi connectivity index (χ3v) is 4.16. The molecule has 0 spiro atoms. The number of nitrogens with one attached hydrogen (secondary N) is 1. The van der Waals surface area contributed by atoms with E-state index in [0.717, 1.165) is 23.4 Å². The average molecular weight is 294 g/mol. The number of rotatable bonds is 4. The molecule has 0 aliphatic heterocycles. The second-order valence-electron chi connectivity index (χ2n) is 5.19. The van der Waals surface area contributed by atoms with Gasteiger partial charge in [-0.15, -0.1) is 0 Å². The lowest BCUT2D eigenvalue weighted by atomic mass is 10.1. The lowest BCUT2D eigenvalue weighted by Gasteiger charge is -2.04. The van der Waals surface area contributed by atoms with Crippen molar-refractivity contribution in [3.05, 3.63) is 34.3 Å². The first-order valence-corrected chi connectivity index (χ1v) is 7.06. The van der Waals surface area contributed by atoms with Crippen molar-refractivity contribution < 1.29 is 4.79 Å². The van der Waals surface area contributed by atoms with E-state index >= 15 is 0 Å². The summed E-state index contributed by atoms with van der Waals surface area (Å²) in [6, 6.07) is 8.30. The second kappa shape index (κ2) is 4.45. The quantitative estimate of drug-likeness (QED) is 0.908. The molecule has 90 valence electrons. The van der Waals surface area contributed by atoms with E-state index < -0.39 is 0 Å². The van der Waals surface area contributed by atoms with Gasteiger partial charge in [0.2, 0.25) is 5.91 Å². The van der Waals surface area contributed by atoms with E-state index in [1.807, 2.05) is 12.1 Å². The Morgan fingerprint density at radius 2 is 2.24 bits per heavy atom. The van der Waals surface area contributed by atoms with E-state index in [1.165, 1.54) is 18.4 Å². The third-order valence-electron chi connectivity index (χ3n) is 3.67. The Morgan fingerprint density at radius 3 is 2.94 bits per heavy atom. The molecule has 0 saturated heterocycles. The lowest BCUT2D eigenvalue weighted by Crippen LogP contribution is -2.27. The molecule has 2 aliphatic rings. The van der Waals surface area contributed by atoms with Gasteiger partial charge in [0.1, 0.15) is 0 Å². The SMILES string of the molecule is O=C(NCC1CC1)[C@H]1C[C@H]1c1cccc(Br)c1. The minimum Gasteiger partial charge on any atom is -0.356 e. The highest BCUT2D eigenvalue weighted by Crippen LogP contribution is 2.48. The predicted molar refractivity (Wildman–Crippen MR) is 70.7 cm³/mol. The summed E-state index contributed by atoms with van der Waals surface area (Å²) in [5.41, 5.74) is 1.28. The summed E-state index contributed by atoms with van der Waals surface area (Å²) in [7, 11) is 0. The van der Waals surface area contributed by atoms with Gasteiger partial charge < -0.3 is 5.32 Å². The Morgan fingerprint density at radius 1 is 1.41 bits per heavy atom. The van der Waals surface area contributed by atoms with Crippen molar-refractivity contribution in [1.29, 1.82) is 0 Å². The summed E-state index contributed by atoms with van der Waals surface area (Å²) >= 11 is 3.47. The van der Waals surface area contributed by atoms with Crippen LogP contribution in [0, 0.1) is 11.8 Å². The minimum atomic E-state index is 0.211. The van der Waals surface area contributed by atoms with Gasteiger partial charge in [-0.25, -0.2) is 0 Å². The Kier molecular flexibility index (Phi) is 2.95. The molecule has 0 bridgehead atoms. The van der Waals surface area contributed by atoms with Crippen LogP contribution in [0.2, 0.25) is 0 Å². The monoisotopic (exact) mass is 293 g/mol. The lowest BCUT2D eigenvalue weighted by molar-refractivity contribution is -0.122. The standard InChI is InChI=1S/C14H16BrNO/c15-11-3-1-2-10(6-11)12-7-13(12)14(17)16-8-9-4-5-9/h1-3,6,9,12-13H,4-5,7-8H2,(H,16,17)/t12-,13-/m0/s1. The fraction of sp³-hybridized carbons (Fsp3) is 0.500. The Bertz CT molecular complexity index is 442. The highest BCUT2D eigenvalue weighted by molar-refractivity contribution is 9.10. The van der Waals surface area contributed by atoms with Crippen LogP contribution in [0.3, 0.4) is 0 Å². The molecule has 3 rings (SSSR count). The molecular formula is C14H16BrNO. The fourth-order valence-corrected chi connectivity index (χ4v) is 2.71. The predicted octanol–water partition coefficient (Wildman–Crippen LogP) is 3.08. The van der Waals surface area contributed by atoms with Gasteiger partial charge in [0.25, 0.3) is 0 Å². The van der Waals surface area contributed by atoms with E-state index in [9.17, 15) is 4.79 Å². The van der Waals surface area contributed by atoms with Crippen LogP contribution in [0.15, 0.2) is 28.7 Å². The largest absolute Gasteiger partial charge is 0.356 e. The van der Waals surface area contributed by atoms with Crippen LogP contribution < -0.4 is 5.32 Å². The number of benzene rings is 1. The van der Waals surface area contributed by atoms with Crippen LogP contribution in [0.1, 0.15) is 30.7 Å². The summed E-state index contributed by atoms with van der Waals surface area (Å²) in [6.07, 6.45) is 3.59. The van der Waals surface area contributed by atoms with Crippen molar-refractivity contribution in [2.75, 3.05) is 6.54 Å². The van der Waals surface area contributed by atoms with Crippen molar-refractivity contribution in [3.8, 4) is 0 Å². The molecule has 0 unspecified atom stereocenters. The van der Waals surface area contributed by atoms with Crippen molar-refractivity contribution in [2.45, 2.75) is 25.2 Å². The molecule has 2 nitrogen and oxygen atoms in total. The normalized spacial score (nSPS) is 26.6. The molecular weight excluding hydrogens is 278 g/mol. The zero-order valence-corrected chi connectivity index (χ0v) is 11.2. The van der Waals surface area contributed by atoms with Crippen LogP contribution in [0.4, 0.5) is 0 Å². The van der Waals surface area contributed by atoms with E-state index in [-0.39, 0.29) is 11.8 Å².